The number of nitro groups is 1. The quantitative estimate of drug-likeness (QED) is 0.0143. The number of nitrogens with zero attached hydrogens (tertiary/aromatic N) is 4. The molecule has 0 aromatic heterocycles. The number of hydrogen-bond acceptors (Lipinski definition) is 14. The molecule has 0 spiro atoms. The molecule has 0 heterocycles. The second-order valence-electron chi connectivity index (χ2n) is 13.1. The van der Waals surface area contributed by atoms with Crippen LogP contribution in [-0.2, 0) is 55.9 Å². The molecule has 0 aliphatic rings. The molecule has 2 atom stereocenters. The van der Waals surface area contributed by atoms with Crippen LogP contribution in [0.1, 0.15) is 57.1 Å². The normalized spacial score (nSPS) is 11.8. The number of primary amides is 1. The molecule has 2 rings (SSSR count). The molecule has 0 aliphatic carbocycles. The monoisotopic (exact) mass is 815 g/mol. The van der Waals surface area contributed by atoms with Gasteiger partial charge >= 0.3 is 6.16 Å². The standard InChI is InChI=1S/C38H53N7O13/c1-27(2)36(43-35(48)15-17-53-19-21-55-23-24-56-22-20-54-18-16-41-44-40)37(49)42-32(5-3-4-6-34(39)47)33(46)25-28-7-9-29(10-8-28)26-57-38(50)58-31-13-11-30(12-14-31)45(51)52/h7-14,27,32,36H,3-6,15-26H2,1-2H3,(H2,39,47)(H,42,49)(H,43,48)/t32?,36-/m0/s1. The third-order valence-corrected chi connectivity index (χ3v) is 8.13. The van der Waals surface area contributed by atoms with Crippen LogP contribution in [0.4, 0.5) is 10.5 Å². The van der Waals surface area contributed by atoms with Gasteiger partial charge in [-0.25, -0.2) is 4.79 Å². The van der Waals surface area contributed by atoms with Crippen LogP contribution in [0.2, 0.25) is 0 Å². The van der Waals surface area contributed by atoms with Gasteiger partial charge in [-0.15, -0.1) is 0 Å². The van der Waals surface area contributed by atoms with Crippen LogP contribution < -0.4 is 21.1 Å². The molecule has 2 aromatic carbocycles. The van der Waals surface area contributed by atoms with Gasteiger partial charge in [0.2, 0.25) is 17.7 Å². The molecule has 3 amide bonds. The molecule has 0 aliphatic heterocycles. The third kappa shape index (κ3) is 21.6. The summed E-state index contributed by atoms with van der Waals surface area (Å²) < 4.78 is 31.7. The lowest BCUT2D eigenvalue weighted by Gasteiger charge is -2.25. The lowest BCUT2D eigenvalue weighted by atomic mass is 9.96. The van der Waals surface area contributed by atoms with Gasteiger partial charge in [0.1, 0.15) is 18.4 Å². The van der Waals surface area contributed by atoms with E-state index in [1.165, 1.54) is 24.3 Å². The molecule has 2 aromatic rings. The molecule has 58 heavy (non-hydrogen) atoms. The molecule has 20 heteroatoms. The van der Waals surface area contributed by atoms with Gasteiger partial charge in [-0.3, -0.25) is 29.3 Å². The van der Waals surface area contributed by atoms with Gasteiger partial charge in [0.05, 0.1) is 63.8 Å². The van der Waals surface area contributed by atoms with Crippen LogP contribution in [0, 0.1) is 16.0 Å². The van der Waals surface area contributed by atoms with Gasteiger partial charge in [-0.05, 0) is 47.6 Å². The maximum absolute atomic E-state index is 13.5. The highest BCUT2D eigenvalue weighted by atomic mass is 16.7. The number of ether oxygens (including phenoxy) is 6. The van der Waals surface area contributed by atoms with Gasteiger partial charge in [-0.1, -0.05) is 49.6 Å². The minimum absolute atomic E-state index is 0.00320. The first-order valence-corrected chi connectivity index (χ1v) is 18.8. The van der Waals surface area contributed by atoms with Crippen molar-refractivity contribution in [3.8, 4) is 5.75 Å². The predicted molar refractivity (Wildman–Crippen MR) is 207 cm³/mol. The van der Waals surface area contributed by atoms with Crippen molar-refractivity contribution in [3.05, 3.63) is 80.2 Å². The largest absolute Gasteiger partial charge is 0.514 e. The summed E-state index contributed by atoms with van der Waals surface area (Å²) in [4.78, 5) is 75.9. The maximum atomic E-state index is 13.5. The molecular formula is C38H53N7O13. The summed E-state index contributed by atoms with van der Waals surface area (Å²) in [6.07, 6.45) is 0.200. The van der Waals surface area contributed by atoms with Gasteiger partial charge in [0.25, 0.3) is 5.69 Å². The zero-order chi connectivity index (χ0) is 42.5. The smallest absolute Gasteiger partial charge is 0.429 e. The number of amides is 3. The summed E-state index contributed by atoms with van der Waals surface area (Å²) in [5.41, 5.74) is 14.5. The van der Waals surface area contributed by atoms with Crippen molar-refractivity contribution in [1.82, 2.24) is 10.6 Å². The molecule has 1 unspecified atom stereocenters. The molecule has 0 saturated heterocycles. The first kappa shape index (κ1) is 48.5. The number of carbonyl (C=O) groups excluding carboxylic acids is 5. The van der Waals surface area contributed by atoms with Crippen molar-refractivity contribution in [2.45, 2.75) is 71.1 Å². The number of ketones is 1. The number of carbonyl (C=O) groups is 5. The Hall–Kier alpha value is -5.66. The Bertz CT molecular complexity index is 1640. The highest BCUT2D eigenvalue weighted by molar-refractivity contribution is 5.93. The van der Waals surface area contributed by atoms with Crippen LogP contribution in [0.15, 0.2) is 53.6 Å². The Kier molecular flexibility index (Phi) is 24.0. The Balaban J connectivity index is 1.81. The summed E-state index contributed by atoms with van der Waals surface area (Å²) in [7, 11) is 0. The third-order valence-electron chi connectivity index (χ3n) is 8.13. The van der Waals surface area contributed by atoms with Crippen molar-refractivity contribution in [1.29, 1.82) is 0 Å². The predicted octanol–water partition coefficient (Wildman–Crippen LogP) is 3.86. The molecule has 0 fully saturated rings. The van der Waals surface area contributed by atoms with E-state index in [1.807, 2.05) is 0 Å². The molecule has 20 nitrogen and oxygen atoms in total. The van der Waals surface area contributed by atoms with Crippen molar-refractivity contribution < 1.29 is 57.3 Å². The summed E-state index contributed by atoms with van der Waals surface area (Å²) in [6, 6.07) is 9.79. The molecule has 0 radical (unpaired) electrons. The number of nitrogens with two attached hydrogens (primary N) is 1. The Morgan fingerprint density at radius 1 is 0.810 bits per heavy atom. The van der Waals surface area contributed by atoms with Crippen molar-refractivity contribution in [2.75, 3.05) is 59.4 Å². The molecule has 4 N–H and O–H groups in total. The van der Waals surface area contributed by atoms with E-state index in [2.05, 4.69) is 20.7 Å². The summed E-state index contributed by atoms with van der Waals surface area (Å²) >= 11 is 0. The number of nitro benzene ring substituents is 1. The molecule has 0 saturated carbocycles. The highest BCUT2D eigenvalue weighted by Gasteiger charge is 2.28. The average molecular weight is 816 g/mol. The second kappa shape index (κ2) is 28.7. The van der Waals surface area contributed by atoms with E-state index in [0.717, 1.165) is 0 Å². The summed E-state index contributed by atoms with van der Waals surface area (Å²) in [5, 5.41) is 19.7. The van der Waals surface area contributed by atoms with Gasteiger partial charge in [0, 0.05) is 42.9 Å². The minimum Gasteiger partial charge on any atom is -0.429 e. The highest BCUT2D eigenvalue weighted by Crippen LogP contribution is 2.18. The second-order valence-corrected chi connectivity index (χ2v) is 13.1. The molecular weight excluding hydrogens is 762 g/mol. The number of unbranched alkanes of at least 4 members (excludes halogenated alkanes) is 1. The van der Waals surface area contributed by atoms with E-state index < -0.39 is 40.9 Å². The Labute approximate surface area is 336 Å². The number of benzene rings is 2. The number of nitrogens with one attached hydrogen (secondary N) is 2. The SMILES string of the molecule is CC(C)[C@H](NC(=O)CCOCCOCCOCCOCCN=[N+]=[N-])C(=O)NC(CCCCC(N)=O)C(=O)Cc1ccc(COC(=O)Oc2ccc([N+](=O)[O-])cc2)cc1. The van der Waals surface area contributed by atoms with Gasteiger partial charge in [0.15, 0.2) is 5.78 Å². The van der Waals surface area contributed by atoms with Crippen molar-refractivity contribution in [2.24, 2.45) is 16.8 Å². The molecule has 318 valence electrons. The Morgan fingerprint density at radius 3 is 1.97 bits per heavy atom. The lowest BCUT2D eigenvalue weighted by molar-refractivity contribution is -0.384. The van der Waals surface area contributed by atoms with E-state index in [0.29, 0.717) is 63.6 Å². The number of rotatable bonds is 31. The van der Waals surface area contributed by atoms with Crippen LogP contribution in [0.5, 0.6) is 5.75 Å². The van der Waals surface area contributed by atoms with Gasteiger partial charge < -0.3 is 44.8 Å². The van der Waals surface area contributed by atoms with Crippen LogP contribution >= 0.6 is 0 Å². The van der Waals surface area contributed by atoms with Crippen LogP contribution in [0.3, 0.4) is 0 Å². The zero-order valence-corrected chi connectivity index (χ0v) is 32.8. The summed E-state index contributed by atoms with van der Waals surface area (Å²) in [6.45, 7) is 6.10. The van der Waals surface area contributed by atoms with E-state index >= 15 is 0 Å². The topological polar surface area (TPSA) is 283 Å². The van der Waals surface area contributed by atoms with E-state index in [9.17, 15) is 34.1 Å². The fourth-order valence-corrected chi connectivity index (χ4v) is 5.06. The van der Waals surface area contributed by atoms with E-state index in [1.54, 1.807) is 38.1 Å². The number of non-ortho nitro benzene ring substituents is 1. The maximum Gasteiger partial charge on any atom is 0.514 e. The lowest BCUT2D eigenvalue weighted by Crippen LogP contribution is -2.54. The zero-order valence-electron chi connectivity index (χ0n) is 32.8. The number of Topliss-reactive ketones (excluding diaryl/α,β-unsaturated/α-hetero) is 1. The Morgan fingerprint density at radius 2 is 1.40 bits per heavy atom. The van der Waals surface area contributed by atoms with Gasteiger partial charge in [-0.2, -0.15) is 0 Å². The fraction of sp³-hybridized carbons (Fsp3) is 0.553. The van der Waals surface area contributed by atoms with Crippen LogP contribution in [0.25, 0.3) is 10.4 Å². The first-order valence-electron chi connectivity index (χ1n) is 18.8. The average Bonchev–Trinajstić information content (AvgIpc) is 3.19. The minimum atomic E-state index is -1.01. The number of azide groups is 1. The van der Waals surface area contributed by atoms with Crippen molar-refractivity contribution >= 4 is 35.3 Å². The molecule has 0 bridgehead atoms. The number of hydrogen-bond donors (Lipinski definition) is 3. The van der Waals surface area contributed by atoms with E-state index in [4.69, 9.17) is 39.7 Å². The summed E-state index contributed by atoms with van der Waals surface area (Å²) in [5.74, 6) is -1.92. The fourth-order valence-electron chi connectivity index (χ4n) is 5.06. The van der Waals surface area contributed by atoms with E-state index in [-0.39, 0.29) is 75.2 Å². The van der Waals surface area contributed by atoms with Crippen molar-refractivity contribution in [3.63, 3.8) is 0 Å². The first-order chi connectivity index (χ1) is 27.9. The van der Waals surface area contributed by atoms with Crippen LogP contribution in [-0.4, -0.2) is 106 Å².